The fourth-order valence-electron chi connectivity index (χ4n) is 1.11. The van der Waals surface area contributed by atoms with E-state index in [0.29, 0.717) is 5.82 Å². The standard InChI is InChI=1S/C9H12BBr/c10-9(6-7-11)8-4-2-1-3-5-8/h1-5,9H,6-7,10H2. The summed E-state index contributed by atoms with van der Waals surface area (Å²) in [5.41, 5.74) is 1.44. The Morgan fingerprint density at radius 1 is 1.27 bits per heavy atom. The number of hydrogen-bond donors (Lipinski definition) is 0. The van der Waals surface area contributed by atoms with Gasteiger partial charge in [0.15, 0.2) is 0 Å². The van der Waals surface area contributed by atoms with Crippen LogP contribution in [0.3, 0.4) is 0 Å². The predicted molar refractivity (Wildman–Crippen MR) is 56.1 cm³/mol. The molecule has 2 heteroatoms. The second kappa shape index (κ2) is 4.60. The van der Waals surface area contributed by atoms with Crippen LogP contribution < -0.4 is 0 Å². The SMILES string of the molecule is BC(CCBr)c1ccccc1. The molecule has 11 heavy (non-hydrogen) atoms. The van der Waals surface area contributed by atoms with E-state index in [1.807, 2.05) is 0 Å². The first-order valence-corrected chi connectivity index (χ1v) is 5.07. The molecule has 58 valence electrons. The third-order valence-electron chi connectivity index (χ3n) is 1.91. The molecule has 0 amide bonds. The van der Waals surface area contributed by atoms with Crippen LogP contribution in [0.2, 0.25) is 0 Å². The van der Waals surface area contributed by atoms with Crippen molar-refractivity contribution in [2.75, 3.05) is 5.33 Å². The number of alkyl halides is 1. The lowest BCUT2D eigenvalue weighted by Gasteiger charge is -2.08. The number of benzene rings is 1. The molecule has 0 saturated carbocycles. The minimum atomic E-state index is 0.676. The summed E-state index contributed by atoms with van der Waals surface area (Å²) in [5, 5.41) is 1.09. The first-order chi connectivity index (χ1) is 5.34. The Kier molecular flexibility index (Phi) is 3.71. The second-order valence-corrected chi connectivity index (χ2v) is 3.58. The van der Waals surface area contributed by atoms with Crippen molar-refractivity contribution >= 4 is 23.8 Å². The Bertz CT molecular complexity index is 198. The molecular weight excluding hydrogens is 199 g/mol. The van der Waals surface area contributed by atoms with E-state index in [9.17, 15) is 0 Å². The zero-order valence-corrected chi connectivity index (χ0v) is 8.34. The zero-order chi connectivity index (χ0) is 8.10. The normalized spacial score (nSPS) is 12.8. The van der Waals surface area contributed by atoms with E-state index >= 15 is 0 Å². The van der Waals surface area contributed by atoms with Gasteiger partial charge in [-0.3, -0.25) is 0 Å². The molecule has 1 rings (SSSR count). The molecule has 0 saturated heterocycles. The van der Waals surface area contributed by atoms with Gasteiger partial charge in [0.2, 0.25) is 0 Å². The van der Waals surface area contributed by atoms with Crippen LogP contribution in [0.4, 0.5) is 0 Å². The van der Waals surface area contributed by atoms with Crippen LogP contribution in [-0.2, 0) is 0 Å². The number of halogens is 1. The number of rotatable bonds is 3. The second-order valence-electron chi connectivity index (χ2n) is 2.79. The predicted octanol–water partition coefficient (Wildman–Crippen LogP) is 2.15. The summed E-state index contributed by atoms with van der Waals surface area (Å²) in [5.74, 6) is 0.676. The van der Waals surface area contributed by atoms with Crippen molar-refractivity contribution in [1.82, 2.24) is 0 Å². The maximum Gasteiger partial charge on any atom is 0.111 e. The van der Waals surface area contributed by atoms with Crippen LogP contribution >= 0.6 is 15.9 Å². The van der Waals surface area contributed by atoms with Crippen molar-refractivity contribution in [3.05, 3.63) is 35.9 Å². The molecule has 0 heterocycles. The lowest BCUT2D eigenvalue weighted by atomic mass is 9.79. The van der Waals surface area contributed by atoms with Gasteiger partial charge < -0.3 is 0 Å². The first-order valence-electron chi connectivity index (χ1n) is 3.95. The molecule has 0 aliphatic carbocycles. The van der Waals surface area contributed by atoms with Gasteiger partial charge in [0.1, 0.15) is 7.85 Å². The van der Waals surface area contributed by atoms with Crippen molar-refractivity contribution in [3.63, 3.8) is 0 Å². The number of hydrogen-bond acceptors (Lipinski definition) is 0. The van der Waals surface area contributed by atoms with E-state index in [1.54, 1.807) is 0 Å². The van der Waals surface area contributed by atoms with Gasteiger partial charge in [0.25, 0.3) is 0 Å². The highest BCUT2D eigenvalue weighted by Gasteiger charge is 2.01. The molecule has 1 aromatic carbocycles. The van der Waals surface area contributed by atoms with Crippen molar-refractivity contribution in [2.45, 2.75) is 12.2 Å². The largest absolute Gasteiger partial charge is 0.111 e. The molecular formula is C9H12BBr. The summed E-state index contributed by atoms with van der Waals surface area (Å²) in [6, 6.07) is 10.6. The molecule has 0 aliphatic heterocycles. The fraction of sp³-hybridized carbons (Fsp3) is 0.333. The Morgan fingerprint density at radius 3 is 2.45 bits per heavy atom. The van der Waals surface area contributed by atoms with Gasteiger partial charge in [-0.05, 0) is 12.2 Å². The molecule has 1 aromatic rings. The summed E-state index contributed by atoms with van der Waals surface area (Å²) in [6.07, 6.45) is 1.21. The van der Waals surface area contributed by atoms with Crippen molar-refractivity contribution in [2.24, 2.45) is 0 Å². The Labute approximate surface area is 77.5 Å². The summed E-state index contributed by atoms with van der Waals surface area (Å²) in [4.78, 5) is 0. The summed E-state index contributed by atoms with van der Waals surface area (Å²) in [7, 11) is 2.26. The summed E-state index contributed by atoms with van der Waals surface area (Å²) in [6.45, 7) is 0. The van der Waals surface area contributed by atoms with E-state index in [0.717, 1.165) is 5.33 Å². The van der Waals surface area contributed by atoms with Gasteiger partial charge in [-0.2, -0.15) is 0 Å². The lowest BCUT2D eigenvalue weighted by Crippen LogP contribution is -1.97. The van der Waals surface area contributed by atoms with Crippen LogP contribution in [0.25, 0.3) is 0 Å². The molecule has 0 radical (unpaired) electrons. The average molecular weight is 211 g/mol. The fourth-order valence-corrected chi connectivity index (χ4v) is 1.80. The summed E-state index contributed by atoms with van der Waals surface area (Å²) >= 11 is 3.45. The summed E-state index contributed by atoms with van der Waals surface area (Å²) < 4.78 is 0. The van der Waals surface area contributed by atoms with Gasteiger partial charge in [-0.25, -0.2) is 0 Å². The molecule has 0 spiro atoms. The minimum absolute atomic E-state index is 0.676. The minimum Gasteiger partial charge on any atom is -0.0928 e. The maximum absolute atomic E-state index is 3.45. The topological polar surface area (TPSA) is 0 Å². The molecule has 0 aromatic heterocycles. The average Bonchev–Trinajstić information content (AvgIpc) is 2.07. The lowest BCUT2D eigenvalue weighted by molar-refractivity contribution is 0.898. The highest BCUT2D eigenvalue weighted by molar-refractivity contribution is 9.09. The van der Waals surface area contributed by atoms with Gasteiger partial charge >= 0.3 is 0 Å². The molecule has 1 unspecified atom stereocenters. The van der Waals surface area contributed by atoms with Crippen molar-refractivity contribution in [1.29, 1.82) is 0 Å². The van der Waals surface area contributed by atoms with Crippen LogP contribution in [0.5, 0.6) is 0 Å². The Morgan fingerprint density at radius 2 is 1.91 bits per heavy atom. The first kappa shape index (κ1) is 8.86. The molecule has 0 aliphatic rings. The maximum atomic E-state index is 3.45. The third kappa shape index (κ3) is 2.70. The van der Waals surface area contributed by atoms with Crippen molar-refractivity contribution < 1.29 is 0 Å². The smallest absolute Gasteiger partial charge is 0.0928 e. The molecule has 0 bridgehead atoms. The van der Waals surface area contributed by atoms with Crippen LogP contribution in [0, 0.1) is 0 Å². The van der Waals surface area contributed by atoms with Gasteiger partial charge in [-0.15, -0.1) is 0 Å². The molecule has 0 nitrogen and oxygen atoms in total. The third-order valence-corrected chi connectivity index (χ3v) is 2.37. The Balaban J connectivity index is 2.61. The van der Waals surface area contributed by atoms with Gasteiger partial charge in [0, 0.05) is 5.33 Å². The van der Waals surface area contributed by atoms with E-state index in [-0.39, 0.29) is 0 Å². The van der Waals surface area contributed by atoms with Gasteiger partial charge in [-0.1, -0.05) is 51.8 Å². The Hall–Kier alpha value is -0.235. The monoisotopic (exact) mass is 210 g/mol. The van der Waals surface area contributed by atoms with E-state index in [4.69, 9.17) is 0 Å². The van der Waals surface area contributed by atoms with Crippen molar-refractivity contribution in [3.8, 4) is 0 Å². The van der Waals surface area contributed by atoms with Crippen LogP contribution in [0.1, 0.15) is 17.8 Å². The quantitative estimate of drug-likeness (QED) is 0.530. The van der Waals surface area contributed by atoms with E-state index in [2.05, 4.69) is 54.1 Å². The van der Waals surface area contributed by atoms with Gasteiger partial charge in [0.05, 0.1) is 0 Å². The molecule has 0 fully saturated rings. The highest BCUT2D eigenvalue weighted by atomic mass is 79.9. The van der Waals surface area contributed by atoms with E-state index < -0.39 is 0 Å². The molecule has 1 atom stereocenters. The molecule has 0 N–H and O–H groups in total. The van der Waals surface area contributed by atoms with Crippen LogP contribution in [0.15, 0.2) is 30.3 Å². The zero-order valence-electron chi connectivity index (χ0n) is 6.76. The van der Waals surface area contributed by atoms with E-state index in [1.165, 1.54) is 12.0 Å². The van der Waals surface area contributed by atoms with Crippen LogP contribution in [-0.4, -0.2) is 13.2 Å². The highest BCUT2D eigenvalue weighted by Crippen LogP contribution is 2.15.